The minimum absolute atomic E-state index is 0.0614. The van der Waals surface area contributed by atoms with Crippen molar-refractivity contribution in [1.29, 1.82) is 0 Å². The quantitative estimate of drug-likeness (QED) is 0.0883. The summed E-state index contributed by atoms with van der Waals surface area (Å²) in [5.74, 6) is -1.22. The summed E-state index contributed by atoms with van der Waals surface area (Å²) in [5.41, 5.74) is -1.02. The fraction of sp³-hybridized carbons (Fsp3) is 0.0741. The van der Waals surface area contributed by atoms with E-state index in [0.717, 1.165) is 30.3 Å². The molecule has 0 aliphatic rings. The maximum absolute atomic E-state index is 12.4. The summed E-state index contributed by atoms with van der Waals surface area (Å²) in [7, 11) is -15.0. The molecule has 0 bridgehead atoms. The van der Waals surface area contributed by atoms with E-state index in [1.165, 1.54) is 12.1 Å². The first-order valence-corrected chi connectivity index (χ1v) is 18.0. The van der Waals surface area contributed by atoms with Gasteiger partial charge in [-0.2, -0.15) is 40.2 Å². The van der Waals surface area contributed by atoms with Crippen molar-refractivity contribution in [2.24, 2.45) is 10.2 Å². The van der Waals surface area contributed by atoms with E-state index < -0.39 is 62.2 Å². The van der Waals surface area contributed by atoms with E-state index in [1.54, 1.807) is 35.2 Å². The van der Waals surface area contributed by atoms with Crippen LogP contribution in [0.4, 0.5) is 34.6 Å². The molecule has 0 spiro atoms. The Balaban J connectivity index is 1.75. The maximum atomic E-state index is 12.4. The highest BCUT2D eigenvalue weighted by atomic mass is 35.5. The molecule has 0 saturated carbocycles. The van der Waals surface area contributed by atoms with Gasteiger partial charge < -0.3 is 15.3 Å². The molecule has 5 N–H and O–H groups in total. The van der Waals surface area contributed by atoms with Gasteiger partial charge >= 0.3 is 0 Å². The molecule has 0 unspecified atom stereocenters. The van der Waals surface area contributed by atoms with Crippen molar-refractivity contribution in [3.63, 3.8) is 0 Å². The first kappa shape index (κ1) is 34.5. The van der Waals surface area contributed by atoms with Gasteiger partial charge in [0.05, 0.1) is 10.6 Å². The van der Waals surface area contributed by atoms with Crippen LogP contribution in [0, 0.1) is 0 Å². The Hall–Kier alpha value is -4.83. The van der Waals surface area contributed by atoms with Gasteiger partial charge in [0.1, 0.15) is 21.2 Å². The molecule has 0 amide bonds. The van der Waals surface area contributed by atoms with Crippen molar-refractivity contribution in [2.45, 2.75) is 21.6 Å². The van der Waals surface area contributed by atoms with E-state index in [1.807, 2.05) is 6.92 Å². The van der Waals surface area contributed by atoms with Crippen molar-refractivity contribution in [2.75, 3.05) is 16.8 Å². The largest absolute Gasteiger partial charge is 0.505 e. The number of para-hydroxylation sites is 1. The summed E-state index contributed by atoms with van der Waals surface area (Å²) in [6.45, 7) is 2.19. The molecule has 48 heavy (non-hydrogen) atoms. The van der Waals surface area contributed by atoms with Gasteiger partial charge in [0.15, 0.2) is 5.75 Å². The maximum Gasteiger partial charge on any atom is 0.296 e. The van der Waals surface area contributed by atoms with Gasteiger partial charge in [-0.1, -0.05) is 30.3 Å². The Kier molecular flexibility index (Phi) is 9.34. The summed E-state index contributed by atoms with van der Waals surface area (Å²) >= 11 is 6.20. The predicted molar refractivity (Wildman–Crippen MR) is 173 cm³/mol. The molecular formula is C27H22ClN7O10S3. The van der Waals surface area contributed by atoms with Crippen LogP contribution in [0.1, 0.15) is 6.92 Å². The van der Waals surface area contributed by atoms with Crippen LogP contribution >= 0.6 is 11.6 Å². The average molecular weight is 736 g/mol. The van der Waals surface area contributed by atoms with E-state index in [4.69, 9.17) is 11.6 Å². The zero-order chi connectivity index (χ0) is 35.0. The highest BCUT2D eigenvalue weighted by Crippen LogP contribution is 2.46. The third-order valence-corrected chi connectivity index (χ3v) is 9.34. The molecule has 0 atom stereocenters. The second kappa shape index (κ2) is 13.0. The SMILES string of the molecule is CCN(c1ccccc1)c1nc(Cl)nc(Nc2cc(S(=O)(=O)O)cc3cc(S(=O)(=O)O)c(/N=N/c4ccccc4S(=O)(=O)O)c(O)c23)n1. The van der Waals surface area contributed by atoms with Crippen LogP contribution in [-0.2, 0) is 30.4 Å². The second-order valence-corrected chi connectivity index (χ2v) is 14.2. The second-order valence-electron chi connectivity index (χ2n) is 9.67. The number of phenolic OH excluding ortho intramolecular Hbond substituents is 1. The lowest BCUT2D eigenvalue weighted by Crippen LogP contribution is -2.19. The number of azo groups is 1. The molecule has 0 aliphatic carbocycles. The average Bonchev–Trinajstić information content (AvgIpc) is 2.99. The highest BCUT2D eigenvalue weighted by molar-refractivity contribution is 7.86. The van der Waals surface area contributed by atoms with Gasteiger partial charge in [0.2, 0.25) is 17.2 Å². The molecule has 5 aromatic rings. The molecule has 0 saturated heterocycles. The van der Waals surface area contributed by atoms with Gasteiger partial charge in [-0.25, -0.2) is 0 Å². The van der Waals surface area contributed by atoms with Gasteiger partial charge in [-0.15, -0.1) is 10.2 Å². The number of nitrogens with zero attached hydrogens (tertiary/aromatic N) is 6. The predicted octanol–water partition coefficient (Wildman–Crippen LogP) is 5.44. The summed E-state index contributed by atoms with van der Waals surface area (Å²) < 4.78 is 102. The third-order valence-electron chi connectivity index (χ3n) is 6.57. The molecule has 1 heterocycles. The van der Waals surface area contributed by atoms with E-state index in [2.05, 4.69) is 30.5 Å². The van der Waals surface area contributed by atoms with E-state index in [0.29, 0.717) is 12.2 Å². The zero-order valence-corrected chi connectivity index (χ0v) is 27.4. The van der Waals surface area contributed by atoms with Gasteiger partial charge in [0, 0.05) is 17.6 Å². The lowest BCUT2D eigenvalue weighted by molar-refractivity contribution is 0.472. The van der Waals surface area contributed by atoms with Crippen LogP contribution in [0.15, 0.2) is 97.7 Å². The number of hydrogen-bond acceptors (Lipinski definition) is 14. The normalized spacial score (nSPS) is 12.4. The van der Waals surface area contributed by atoms with Crippen molar-refractivity contribution in [1.82, 2.24) is 15.0 Å². The minimum Gasteiger partial charge on any atom is -0.505 e. The number of nitrogens with one attached hydrogen (secondary N) is 1. The Morgan fingerprint density at radius 1 is 0.792 bits per heavy atom. The number of aromatic nitrogens is 3. The first-order valence-electron chi connectivity index (χ1n) is 13.3. The van der Waals surface area contributed by atoms with Crippen molar-refractivity contribution < 1.29 is 44.0 Å². The smallest absolute Gasteiger partial charge is 0.296 e. The number of hydrogen-bond donors (Lipinski definition) is 5. The van der Waals surface area contributed by atoms with Crippen LogP contribution < -0.4 is 10.2 Å². The number of anilines is 4. The Bertz CT molecular complexity index is 2430. The summed E-state index contributed by atoms with van der Waals surface area (Å²) in [6, 6.07) is 16.0. The Morgan fingerprint density at radius 3 is 2.06 bits per heavy atom. The standard InChI is InChI=1S/C27H22ClN7O10S3/c1-2-35(16-8-4-3-5-9-16)27-31-25(28)30-26(32-27)29-19-14-17(46(37,38)39)12-15-13-21(48(43,44)45)23(24(36)22(15)19)34-33-18-10-6-7-11-20(18)47(40,41)42/h3-14,36H,2H2,1H3,(H,37,38,39)(H,40,41,42)(H,43,44,45)(H,29,30,31,32)/b34-33+. The first-order chi connectivity index (χ1) is 22.5. The summed E-state index contributed by atoms with van der Waals surface area (Å²) in [6.07, 6.45) is 0. The number of halogens is 1. The van der Waals surface area contributed by atoms with Crippen molar-refractivity contribution in [3.05, 3.63) is 78.1 Å². The molecule has 4 aromatic carbocycles. The highest BCUT2D eigenvalue weighted by Gasteiger charge is 2.26. The number of rotatable bonds is 10. The molecule has 250 valence electrons. The molecule has 17 nitrogen and oxygen atoms in total. The summed E-state index contributed by atoms with van der Waals surface area (Å²) in [4.78, 5) is 11.6. The van der Waals surface area contributed by atoms with Crippen LogP contribution in [0.25, 0.3) is 10.8 Å². The van der Waals surface area contributed by atoms with Crippen LogP contribution in [0.5, 0.6) is 5.75 Å². The Morgan fingerprint density at radius 2 is 1.44 bits per heavy atom. The van der Waals surface area contributed by atoms with Crippen LogP contribution in [-0.4, -0.2) is 65.5 Å². The third kappa shape index (κ3) is 7.33. The van der Waals surface area contributed by atoms with E-state index in [9.17, 15) is 44.0 Å². The van der Waals surface area contributed by atoms with Crippen molar-refractivity contribution in [3.8, 4) is 5.75 Å². The fourth-order valence-electron chi connectivity index (χ4n) is 4.55. The molecule has 1 aromatic heterocycles. The molecule has 21 heteroatoms. The number of aromatic hydroxyl groups is 1. The summed E-state index contributed by atoms with van der Waals surface area (Å²) in [5, 5.41) is 20.5. The molecule has 0 aliphatic heterocycles. The van der Waals surface area contributed by atoms with Crippen LogP contribution in [0.2, 0.25) is 5.28 Å². The van der Waals surface area contributed by atoms with Gasteiger partial charge in [-0.05, 0) is 66.4 Å². The fourth-order valence-corrected chi connectivity index (χ4v) is 6.53. The minimum atomic E-state index is -5.23. The van der Waals surface area contributed by atoms with E-state index >= 15 is 0 Å². The molecule has 0 radical (unpaired) electrons. The lowest BCUT2D eigenvalue weighted by atomic mass is 10.1. The number of phenols is 1. The lowest BCUT2D eigenvalue weighted by Gasteiger charge is -2.21. The monoisotopic (exact) mass is 735 g/mol. The van der Waals surface area contributed by atoms with Gasteiger partial charge in [-0.3, -0.25) is 13.7 Å². The van der Waals surface area contributed by atoms with E-state index in [-0.39, 0.29) is 33.6 Å². The molecule has 0 fully saturated rings. The molecule has 5 rings (SSSR count). The number of benzene rings is 4. The Labute approximate surface area is 277 Å². The molecular weight excluding hydrogens is 714 g/mol. The number of fused-ring (bicyclic) bond motifs is 1. The van der Waals surface area contributed by atoms with Gasteiger partial charge in [0.25, 0.3) is 30.4 Å². The van der Waals surface area contributed by atoms with Crippen molar-refractivity contribution >= 4 is 87.4 Å². The topological polar surface area (TPSA) is 262 Å². The zero-order valence-electron chi connectivity index (χ0n) is 24.2. The van der Waals surface area contributed by atoms with Crippen LogP contribution in [0.3, 0.4) is 0 Å².